The maximum atomic E-state index is 5.37. The molecule has 51 heavy (non-hydrogen) atoms. The molecule has 3 heteroatoms. The fourth-order valence-electron chi connectivity index (χ4n) is 7.48. The number of hydrogen-bond acceptors (Lipinski definition) is 3. The monoisotopic (exact) mass is 666 g/mol. The summed E-state index contributed by atoms with van der Waals surface area (Å²) in [6, 6.07) is 64.9. The lowest BCUT2D eigenvalue weighted by Crippen LogP contribution is -1.97. The summed E-state index contributed by atoms with van der Waals surface area (Å²) in [5, 5.41) is 7.38. The predicted molar refractivity (Wildman–Crippen MR) is 217 cm³/mol. The average molecular weight is 667 g/mol. The van der Waals surface area contributed by atoms with Crippen LogP contribution in [-0.4, -0.2) is 9.97 Å². The summed E-state index contributed by atoms with van der Waals surface area (Å²) in [4.78, 5) is 10.7. The van der Waals surface area contributed by atoms with Gasteiger partial charge in [-0.25, -0.2) is 9.97 Å². The van der Waals surface area contributed by atoms with E-state index in [1.165, 1.54) is 53.0 Å². The zero-order chi connectivity index (χ0) is 33.7. The summed E-state index contributed by atoms with van der Waals surface area (Å²) in [6.07, 6.45) is 0. The third-order valence-corrected chi connectivity index (χ3v) is 11.1. The molecule has 0 fully saturated rings. The third-order valence-electron chi connectivity index (χ3n) is 9.88. The van der Waals surface area contributed by atoms with Crippen LogP contribution in [0.2, 0.25) is 0 Å². The molecule has 238 valence electrons. The second-order valence-electron chi connectivity index (χ2n) is 12.9. The number of hydrogen-bond donors (Lipinski definition) is 0. The van der Waals surface area contributed by atoms with Gasteiger partial charge >= 0.3 is 0 Å². The largest absolute Gasteiger partial charge is 0.228 e. The van der Waals surface area contributed by atoms with Crippen LogP contribution in [-0.2, 0) is 0 Å². The van der Waals surface area contributed by atoms with Gasteiger partial charge in [0.15, 0.2) is 5.82 Å². The van der Waals surface area contributed by atoms with Crippen molar-refractivity contribution in [2.45, 2.75) is 0 Å². The molecule has 8 aromatic carbocycles. The van der Waals surface area contributed by atoms with Crippen LogP contribution in [0.25, 0.3) is 97.9 Å². The van der Waals surface area contributed by atoms with Gasteiger partial charge in [0.1, 0.15) is 0 Å². The Morgan fingerprint density at radius 2 is 0.941 bits per heavy atom. The van der Waals surface area contributed by atoms with Crippen molar-refractivity contribution in [2.24, 2.45) is 0 Å². The van der Waals surface area contributed by atoms with Gasteiger partial charge in [-0.15, -0.1) is 11.3 Å². The maximum absolute atomic E-state index is 5.37. The molecule has 0 saturated carbocycles. The number of nitrogens with zero attached hydrogens (tertiary/aromatic N) is 2. The second-order valence-corrected chi connectivity index (χ2v) is 14.0. The van der Waals surface area contributed by atoms with E-state index in [0.29, 0.717) is 0 Å². The van der Waals surface area contributed by atoms with Crippen molar-refractivity contribution in [1.82, 2.24) is 9.97 Å². The van der Waals surface area contributed by atoms with Crippen LogP contribution >= 0.6 is 11.3 Å². The van der Waals surface area contributed by atoms with Gasteiger partial charge in [-0.05, 0) is 62.7 Å². The quantitative estimate of drug-likeness (QED) is 0.183. The molecule has 0 bridgehead atoms. The highest BCUT2D eigenvalue weighted by Crippen LogP contribution is 2.46. The van der Waals surface area contributed by atoms with E-state index in [0.717, 1.165) is 44.9 Å². The molecule has 0 amide bonds. The summed E-state index contributed by atoms with van der Waals surface area (Å²) in [6.45, 7) is 0. The van der Waals surface area contributed by atoms with Crippen LogP contribution < -0.4 is 0 Å². The molecule has 10 rings (SSSR count). The van der Waals surface area contributed by atoms with Crippen LogP contribution in [0.1, 0.15) is 0 Å². The third kappa shape index (κ3) is 5.10. The maximum Gasteiger partial charge on any atom is 0.161 e. The number of aromatic nitrogens is 2. The van der Waals surface area contributed by atoms with Gasteiger partial charge in [-0.1, -0.05) is 158 Å². The van der Waals surface area contributed by atoms with Crippen molar-refractivity contribution >= 4 is 53.1 Å². The topological polar surface area (TPSA) is 25.8 Å². The first kappa shape index (κ1) is 29.5. The number of rotatable bonds is 5. The van der Waals surface area contributed by atoms with E-state index in [4.69, 9.17) is 9.97 Å². The first-order valence-corrected chi connectivity index (χ1v) is 18.1. The van der Waals surface area contributed by atoms with E-state index in [9.17, 15) is 0 Å². The van der Waals surface area contributed by atoms with E-state index in [2.05, 4.69) is 176 Å². The molecule has 0 spiro atoms. The Kier molecular flexibility index (Phi) is 7.04. The fourth-order valence-corrected chi connectivity index (χ4v) is 8.73. The number of thiophene rings is 1. The van der Waals surface area contributed by atoms with Crippen LogP contribution in [0.5, 0.6) is 0 Å². The fraction of sp³-hybridized carbons (Fsp3) is 0. The summed E-state index contributed by atoms with van der Waals surface area (Å²) in [7, 11) is 0. The Bertz CT molecular complexity index is 2900. The highest BCUT2D eigenvalue weighted by molar-refractivity contribution is 7.26. The van der Waals surface area contributed by atoms with E-state index < -0.39 is 0 Å². The van der Waals surface area contributed by atoms with E-state index in [1.54, 1.807) is 0 Å². The molecule has 0 aliphatic rings. The van der Waals surface area contributed by atoms with Crippen molar-refractivity contribution in [3.05, 3.63) is 182 Å². The van der Waals surface area contributed by atoms with E-state index in [-0.39, 0.29) is 0 Å². The van der Waals surface area contributed by atoms with E-state index >= 15 is 0 Å². The van der Waals surface area contributed by atoms with Crippen molar-refractivity contribution in [3.8, 4) is 56.2 Å². The van der Waals surface area contributed by atoms with Crippen LogP contribution in [0, 0.1) is 0 Å². The van der Waals surface area contributed by atoms with Crippen LogP contribution in [0.4, 0.5) is 0 Å². The minimum atomic E-state index is 0.719. The van der Waals surface area contributed by atoms with Crippen LogP contribution in [0.15, 0.2) is 182 Å². The SMILES string of the molecule is c1ccc(-c2cccc(-c3cc(-c4ccccc4)nc(-c4cc5c(sc6cccc(-c7cccc8ccccc78)c65)c5ccccc45)n3)c2)cc1. The molecule has 2 heterocycles. The van der Waals surface area contributed by atoms with Gasteiger partial charge in [-0.3, -0.25) is 0 Å². The van der Waals surface area contributed by atoms with Crippen molar-refractivity contribution in [2.75, 3.05) is 0 Å². The summed E-state index contributed by atoms with van der Waals surface area (Å²) < 4.78 is 2.56. The molecule has 0 aliphatic carbocycles. The molecular formula is C48H30N2S. The Labute approximate surface area is 300 Å². The predicted octanol–water partition coefficient (Wildman–Crippen LogP) is 13.5. The van der Waals surface area contributed by atoms with Gasteiger partial charge in [-0.2, -0.15) is 0 Å². The Morgan fingerprint density at radius 3 is 1.76 bits per heavy atom. The lowest BCUT2D eigenvalue weighted by Gasteiger charge is -2.13. The van der Waals surface area contributed by atoms with Gasteiger partial charge in [0.25, 0.3) is 0 Å². The highest BCUT2D eigenvalue weighted by Gasteiger charge is 2.19. The molecule has 0 aliphatic heterocycles. The second kappa shape index (κ2) is 12.2. The Balaban J connectivity index is 1.25. The molecular weight excluding hydrogens is 637 g/mol. The molecule has 2 nitrogen and oxygen atoms in total. The van der Waals surface area contributed by atoms with Crippen molar-refractivity contribution < 1.29 is 0 Å². The van der Waals surface area contributed by atoms with Gasteiger partial charge in [0.2, 0.25) is 0 Å². The highest BCUT2D eigenvalue weighted by atomic mass is 32.1. The van der Waals surface area contributed by atoms with Crippen LogP contribution in [0.3, 0.4) is 0 Å². The molecule has 0 radical (unpaired) electrons. The minimum absolute atomic E-state index is 0.719. The lowest BCUT2D eigenvalue weighted by atomic mass is 9.93. The smallest absolute Gasteiger partial charge is 0.161 e. The van der Waals surface area contributed by atoms with Crippen molar-refractivity contribution in [1.29, 1.82) is 0 Å². The molecule has 2 aromatic heterocycles. The molecule has 0 unspecified atom stereocenters. The molecule has 10 aromatic rings. The Morgan fingerprint density at radius 1 is 0.353 bits per heavy atom. The molecule has 0 saturated heterocycles. The standard InChI is InChI=1S/C48H30N2S/c1-3-14-31(15-4-1)34-20-11-21-35(28-34)44-30-43(33-17-5-2-6-18-33)49-48(50-44)41-29-42-46-39(37-25-12-19-32-16-7-8-22-36(32)37)26-13-27-45(46)51-47(42)40-24-10-9-23-38(40)41/h1-30H. The van der Waals surface area contributed by atoms with Gasteiger partial charge in [0.05, 0.1) is 11.4 Å². The lowest BCUT2D eigenvalue weighted by molar-refractivity contribution is 1.19. The van der Waals surface area contributed by atoms with Gasteiger partial charge < -0.3 is 0 Å². The van der Waals surface area contributed by atoms with Crippen molar-refractivity contribution in [3.63, 3.8) is 0 Å². The Hall–Kier alpha value is -6.42. The summed E-state index contributed by atoms with van der Waals surface area (Å²) >= 11 is 1.87. The first-order chi connectivity index (χ1) is 25.3. The zero-order valence-corrected chi connectivity index (χ0v) is 28.4. The van der Waals surface area contributed by atoms with E-state index in [1.807, 2.05) is 17.4 Å². The molecule has 0 atom stereocenters. The normalized spacial score (nSPS) is 11.5. The first-order valence-electron chi connectivity index (χ1n) is 17.2. The number of fused-ring (bicyclic) bond motifs is 6. The average Bonchev–Trinajstić information content (AvgIpc) is 3.60. The molecule has 0 N–H and O–H groups in total. The van der Waals surface area contributed by atoms with Gasteiger partial charge in [0, 0.05) is 42.2 Å². The minimum Gasteiger partial charge on any atom is -0.228 e. The summed E-state index contributed by atoms with van der Waals surface area (Å²) in [5.74, 6) is 0.719. The zero-order valence-electron chi connectivity index (χ0n) is 27.6. The number of benzene rings is 8. The summed E-state index contributed by atoms with van der Waals surface area (Å²) in [5.41, 5.74) is 9.78.